The van der Waals surface area contributed by atoms with Crippen LogP contribution in [0.5, 0.6) is 11.5 Å². The van der Waals surface area contributed by atoms with Gasteiger partial charge in [-0.15, -0.1) is 0 Å². The largest absolute Gasteiger partial charge is 0.497 e. The van der Waals surface area contributed by atoms with Crippen molar-refractivity contribution in [3.05, 3.63) is 48.7 Å². The van der Waals surface area contributed by atoms with Crippen LogP contribution in [-0.4, -0.2) is 29.4 Å². The Kier molecular flexibility index (Phi) is 4.74. The summed E-state index contributed by atoms with van der Waals surface area (Å²) in [5.41, 5.74) is 3.32. The monoisotopic (exact) mass is 341 g/mol. The smallest absolute Gasteiger partial charge is 0.262 e. The fourth-order valence-corrected chi connectivity index (χ4v) is 2.32. The third-order valence-corrected chi connectivity index (χ3v) is 3.85. The summed E-state index contributed by atoms with van der Waals surface area (Å²) in [6.07, 6.45) is 4.84. The van der Waals surface area contributed by atoms with Crippen molar-refractivity contribution in [2.75, 3.05) is 19.0 Å². The zero-order valence-corrected chi connectivity index (χ0v) is 14.3. The minimum absolute atomic E-state index is 0.119. The molecule has 0 bridgehead atoms. The molecule has 7 heteroatoms. The Balaban J connectivity index is 1.69. The molecular weight excluding hydrogens is 322 g/mol. The second kappa shape index (κ2) is 7.12. The van der Waals surface area contributed by atoms with Crippen molar-refractivity contribution in [1.29, 1.82) is 0 Å². The number of aryl methyl sites for hydroxylation is 1. The number of ether oxygens (including phenoxy) is 2. The number of benzene rings is 1. The van der Waals surface area contributed by atoms with Crippen LogP contribution in [0.4, 0.5) is 5.69 Å². The van der Waals surface area contributed by atoms with Crippen LogP contribution in [0.1, 0.15) is 5.69 Å². The number of hydrogen-bond acceptors (Lipinski definition) is 5. The predicted octanol–water partition coefficient (Wildman–Crippen LogP) is 3.01. The molecule has 0 atom stereocenters. The van der Waals surface area contributed by atoms with Crippen LogP contribution in [0.15, 0.2) is 47.4 Å². The molecule has 0 aliphatic rings. The van der Waals surface area contributed by atoms with Crippen LogP contribution >= 0.6 is 0 Å². The molecule has 2 heterocycles. The third kappa shape index (κ3) is 3.82. The molecule has 0 aliphatic heterocycles. The van der Waals surface area contributed by atoms with Crippen LogP contribution in [0, 0.1) is 6.92 Å². The quantitative estimate of drug-likeness (QED) is 0.745. The highest BCUT2D eigenvalue weighted by atomic mass is 16.5. The van der Waals surface area contributed by atoms with Gasteiger partial charge in [0.05, 0.1) is 37.2 Å². The van der Waals surface area contributed by atoms with Crippen LogP contribution in [-0.2, 0) is 11.8 Å². The SMILES string of the molecule is COc1cc(OCC(=O)Nc2cnn(C)c2C)cc(-c2ccoc2)c1. The fraction of sp³-hybridized carbons (Fsp3) is 0.222. The van der Waals surface area contributed by atoms with Crippen molar-refractivity contribution >= 4 is 11.6 Å². The number of nitrogens with one attached hydrogen (secondary N) is 1. The fourth-order valence-electron chi connectivity index (χ4n) is 2.32. The Hall–Kier alpha value is -3.22. The van der Waals surface area contributed by atoms with Crippen LogP contribution in [0.3, 0.4) is 0 Å². The molecule has 7 nitrogen and oxygen atoms in total. The summed E-state index contributed by atoms with van der Waals surface area (Å²) in [7, 11) is 3.39. The maximum absolute atomic E-state index is 12.1. The molecule has 1 aromatic carbocycles. The van der Waals surface area contributed by atoms with Gasteiger partial charge in [-0.3, -0.25) is 9.48 Å². The number of carbonyl (C=O) groups excluding carboxylic acids is 1. The van der Waals surface area contributed by atoms with E-state index in [1.54, 1.807) is 36.6 Å². The summed E-state index contributed by atoms with van der Waals surface area (Å²) in [6.45, 7) is 1.76. The summed E-state index contributed by atoms with van der Waals surface area (Å²) < 4.78 is 17.7. The van der Waals surface area contributed by atoms with Gasteiger partial charge in [-0.05, 0) is 30.7 Å². The van der Waals surface area contributed by atoms with E-state index < -0.39 is 0 Å². The maximum atomic E-state index is 12.1. The van der Waals surface area contributed by atoms with Gasteiger partial charge in [0.25, 0.3) is 5.91 Å². The molecule has 0 unspecified atom stereocenters. The van der Waals surface area contributed by atoms with E-state index in [1.165, 1.54) is 0 Å². The Labute approximate surface area is 145 Å². The second-order valence-corrected chi connectivity index (χ2v) is 5.51. The van der Waals surface area contributed by atoms with E-state index in [-0.39, 0.29) is 12.5 Å². The van der Waals surface area contributed by atoms with E-state index >= 15 is 0 Å². The number of hydrogen-bond donors (Lipinski definition) is 1. The molecule has 0 spiro atoms. The number of furan rings is 1. The Morgan fingerprint density at radius 2 is 2.08 bits per heavy atom. The van der Waals surface area contributed by atoms with Gasteiger partial charge >= 0.3 is 0 Å². The van der Waals surface area contributed by atoms with E-state index in [4.69, 9.17) is 13.9 Å². The molecule has 0 saturated carbocycles. The molecule has 3 aromatic rings. The maximum Gasteiger partial charge on any atom is 0.262 e. The molecule has 130 valence electrons. The average Bonchev–Trinajstić information content (AvgIpc) is 3.26. The summed E-state index contributed by atoms with van der Waals surface area (Å²) >= 11 is 0. The number of aromatic nitrogens is 2. The minimum atomic E-state index is -0.260. The molecule has 2 aromatic heterocycles. The van der Waals surface area contributed by atoms with Crippen LogP contribution in [0.25, 0.3) is 11.1 Å². The Bertz CT molecular complexity index is 869. The summed E-state index contributed by atoms with van der Waals surface area (Å²) in [5.74, 6) is 0.912. The van der Waals surface area contributed by atoms with Crippen LogP contribution in [0.2, 0.25) is 0 Å². The molecule has 0 fully saturated rings. The Morgan fingerprint density at radius 1 is 1.28 bits per heavy atom. The van der Waals surface area contributed by atoms with E-state index in [2.05, 4.69) is 10.4 Å². The van der Waals surface area contributed by atoms with Gasteiger partial charge in [-0.25, -0.2) is 0 Å². The zero-order chi connectivity index (χ0) is 17.8. The summed E-state index contributed by atoms with van der Waals surface area (Å²) in [6, 6.07) is 7.27. The van der Waals surface area contributed by atoms with E-state index in [0.29, 0.717) is 17.2 Å². The summed E-state index contributed by atoms with van der Waals surface area (Å²) in [4.78, 5) is 12.1. The number of amides is 1. The number of rotatable bonds is 6. The van der Waals surface area contributed by atoms with Crippen molar-refractivity contribution in [3.8, 4) is 22.6 Å². The van der Waals surface area contributed by atoms with Crippen molar-refractivity contribution in [2.45, 2.75) is 6.92 Å². The highest BCUT2D eigenvalue weighted by molar-refractivity contribution is 5.92. The number of nitrogens with zero attached hydrogens (tertiary/aromatic N) is 2. The van der Waals surface area contributed by atoms with Crippen molar-refractivity contribution in [1.82, 2.24) is 9.78 Å². The van der Waals surface area contributed by atoms with Gasteiger partial charge in [0.15, 0.2) is 6.61 Å². The molecule has 3 rings (SSSR count). The van der Waals surface area contributed by atoms with E-state index in [1.807, 2.05) is 32.2 Å². The number of methoxy groups -OCH3 is 1. The van der Waals surface area contributed by atoms with Gasteiger partial charge in [-0.2, -0.15) is 5.10 Å². The van der Waals surface area contributed by atoms with Crippen molar-refractivity contribution < 1.29 is 18.7 Å². The standard InChI is InChI=1S/C18H19N3O4/c1-12-17(9-19-21(12)2)20-18(22)11-25-16-7-14(6-15(8-16)23-3)13-4-5-24-10-13/h4-10H,11H2,1-3H3,(H,20,22). The van der Waals surface area contributed by atoms with Gasteiger partial charge in [0.2, 0.25) is 0 Å². The lowest BCUT2D eigenvalue weighted by molar-refractivity contribution is -0.118. The average molecular weight is 341 g/mol. The van der Waals surface area contributed by atoms with Crippen molar-refractivity contribution in [3.63, 3.8) is 0 Å². The lowest BCUT2D eigenvalue weighted by atomic mass is 10.1. The van der Waals surface area contributed by atoms with E-state index in [0.717, 1.165) is 16.8 Å². The minimum Gasteiger partial charge on any atom is -0.497 e. The molecule has 0 radical (unpaired) electrons. The van der Waals surface area contributed by atoms with Gasteiger partial charge < -0.3 is 19.2 Å². The first kappa shape index (κ1) is 16.6. The first-order chi connectivity index (χ1) is 12.1. The number of carbonyl (C=O) groups is 1. The van der Waals surface area contributed by atoms with E-state index in [9.17, 15) is 4.79 Å². The van der Waals surface area contributed by atoms with Gasteiger partial charge in [-0.1, -0.05) is 0 Å². The van der Waals surface area contributed by atoms with Gasteiger partial charge in [0, 0.05) is 18.7 Å². The first-order valence-corrected chi connectivity index (χ1v) is 7.69. The molecule has 0 saturated heterocycles. The third-order valence-electron chi connectivity index (χ3n) is 3.85. The Morgan fingerprint density at radius 3 is 2.72 bits per heavy atom. The lowest BCUT2D eigenvalue weighted by Gasteiger charge is -2.10. The lowest BCUT2D eigenvalue weighted by Crippen LogP contribution is -2.20. The van der Waals surface area contributed by atoms with Crippen molar-refractivity contribution in [2.24, 2.45) is 7.05 Å². The highest BCUT2D eigenvalue weighted by Crippen LogP contribution is 2.30. The molecule has 1 N–H and O–H groups in total. The van der Waals surface area contributed by atoms with Gasteiger partial charge in [0.1, 0.15) is 11.5 Å². The van der Waals surface area contributed by atoms with Crippen LogP contribution < -0.4 is 14.8 Å². The highest BCUT2D eigenvalue weighted by Gasteiger charge is 2.10. The molecular formula is C18H19N3O4. The summed E-state index contributed by atoms with van der Waals surface area (Å²) in [5, 5.41) is 6.86. The topological polar surface area (TPSA) is 78.5 Å². The molecule has 1 amide bonds. The molecule has 0 aliphatic carbocycles. The zero-order valence-electron chi connectivity index (χ0n) is 14.3. The number of anilines is 1. The normalized spacial score (nSPS) is 10.5. The predicted molar refractivity (Wildman–Crippen MR) is 92.8 cm³/mol. The molecule has 25 heavy (non-hydrogen) atoms. The second-order valence-electron chi connectivity index (χ2n) is 5.51. The first-order valence-electron chi connectivity index (χ1n) is 7.69.